The van der Waals surface area contributed by atoms with Gasteiger partial charge in [-0.3, -0.25) is 4.79 Å². The number of hydrogen-bond acceptors (Lipinski definition) is 3. The minimum Gasteiger partial charge on any atom is -0.372 e. The van der Waals surface area contributed by atoms with Gasteiger partial charge in [0.1, 0.15) is 0 Å². The normalized spacial score (nSPS) is 13.8. The first-order chi connectivity index (χ1) is 13.1. The van der Waals surface area contributed by atoms with Crippen LogP contribution < -0.4 is 10.2 Å². The van der Waals surface area contributed by atoms with Gasteiger partial charge in [0.2, 0.25) is 0 Å². The largest absolute Gasteiger partial charge is 0.372 e. The van der Waals surface area contributed by atoms with Crippen LogP contribution in [0.2, 0.25) is 0 Å². The molecule has 4 rings (SSSR count). The van der Waals surface area contributed by atoms with Crippen molar-refractivity contribution in [3.8, 4) is 5.69 Å². The Morgan fingerprint density at radius 2 is 1.70 bits per heavy atom. The van der Waals surface area contributed by atoms with E-state index in [1.54, 1.807) is 4.68 Å². The van der Waals surface area contributed by atoms with Gasteiger partial charge in [0.25, 0.3) is 5.91 Å². The molecule has 2 aromatic carbocycles. The molecule has 3 aromatic rings. The number of para-hydroxylation sites is 1. The molecule has 0 unspecified atom stereocenters. The van der Waals surface area contributed by atoms with Crippen molar-refractivity contribution in [2.24, 2.45) is 0 Å². The summed E-state index contributed by atoms with van der Waals surface area (Å²) in [5.41, 5.74) is 5.40. The Morgan fingerprint density at radius 1 is 0.963 bits per heavy atom. The number of benzene rings is 2. The van der Waals surface area contributed by atoms with Gasteiger partial charge >= 0.3 is 0 Å². The highest BCUT2D eigenvalue weighted by molar-refractivity contribution is 6.03. The van der Waals surface area contributed by atoms with Crippen LogP contribution >= 0.6 is 0 Å². The van der Waals surface area contributed by atoms with Crippen molar-refractivity contribution in [2.45, 2.75) is 26.7 Å². The van der Waals surface area contributed by atoms with E-state index in [9.17, 15) is 4.79 Å². The maximum absolute atomic E-state index is 12.7. The summed E-state index contributed by atoms with van der Waals surface area (Å²) in [6.07, 6.45) is 2.50. The van der Waals surface area contributed by atoms with E-state index in [0.29, 0.717) is 5.69 Å². The molecule has 1 aliphatic rings. The number of carbonyl (C=O) groups excluding carboxylic acids is 1. The summed E-state index contributed by atoms with van der Waals surface area (Å²) in [7, 11) is 0. The van der Waals surface area contributed by atoms with Gasteiger partial charge in [-0.05, 0) is 68.7 Å². The molecule has 27 heavy (non-hydrogen) atoms. The van der Waals surface area contributed by atoms with Crippen molar-refractivity contribution in [1.82, 2.24) is 9.78 Å². The Labute approximate surface area is 159 Å². The molecule has 0 radical (unpaired) electrons. The van der Waals surface area contributed by atoms with Crippen LogP contribution in [0.1, 0.15) is 34.6 Å². The molecule has 5 heteroatoms. The van der Waals surface area contributed by atoms with E-state index >= 15 is 0 Å². The molecule has 1 fully saturated rings. The summed E-state index contributed by atoms with van der Waals surface area (Å²) in [6, 6.07) is 17.9. The predicted octanol–water partition coefficient (Wildman–Crippen LogP) is 4.34. The monoisotopic (exact) mass is 360 g/mol. The zero-order valence-corrected chi connectivity index (χ0v) is 15.8. The molecule has 1 aromatic heterocycles. The Balaban J connectivity index is 1.52. The average molecular weight is 360 g/mol. The number of aryl methyl sites for hydroxylation is 2. The molecule has 1 aliphatic heterocycles. The van der Waals surface area contributed by atoms with Crippen molar-refractivity contribution >= 4 is 17.3 Å². The third-order valence-electron chi connectivity index (χ3n) is 5.05. The van der Waals surface area contributed by atoms with Gasteiger partial charge in [-0.2, -0.15) is 5.10 Å². The standard InChI is InChI=1S/C22H24N4O/c1-16-14-19(25-12-6-7-13-25)10-11-20(16)23-22(27)21-15-17(2)26(24-21)18-8-4-3-5-9-18/h3-5,8-11,14-15H,6-7,12-13H2,1-2H3,(H,23,27). The van der Waals surface area contributed by atoms with Crippen molar-refractivity contribution in [3.05, 3.63) is 71.5 Å². The molecule has 1 amide bonds. The Bertz CT molecular complexity index is 956. The minimum absolute atomic E-state index is 0.190. The summed E-state index contributed by atoms with van der Waals surface area (Å²) < 4.78 is 1.79. The average Bonchev–Trinajstić information content (AvgIpc) is 3.34. The van der Waals surface area contributed by atoms with E-state index in [2.05, 4.69) is 27.4 Å². The van der Waals surface area contributed by atoms with E-state index in [0.717, 1.165) is 35.7 Å². The van der Waals surface area contributed by atoms with Crippen LogP contribution in [0.4, 0.5) is 11.4 Å². The Kier molecular flexibility index (Phi) is 4.67. The molecule has 1 N–H and O–H groups in total. The lowest BCUT2D eigenvalue weighted by molar-refractivity contribution is 0.102. The highest BCUT2D eigenvalue weighted by atomic mass is 16.2. The summed E-state index contributed by atoms with van der Waals surface area (Å²) in [5, 5.41) is 7.49. The van der Waals surface area contributed by atoms with Crippen LogP contribution in [-0.4, -0.2) is 28.8 Å². The first-order valence-electron chi connectivity index (χ1n) is 9.41. The molecule has 0 aliphatic carbocycles. The zero-order chi connectivity index (χ0) is 18.8. The lowest BCUT2D eigenvalue weighted by atomic mass is 10.1. The predicted molar refractivity (Wildman–Crippen MR) is 109 cm³/mol. The van der Waals surface area contributed by atoms with Crippen molar-refractivity contribution in [1.29, 1.82) is 0 Å². The molecule has 0 spiro atoms. The zero-order valence-electron chi connectivity index (χ0n) is 15.8. The third kappa shape index (κ3) is 3.58. The smallest absolute Gasteiger partial charge is 0.276 e. The van der Waals surface area contributed by atoms with Crippen molar-refractivity contribution in [2.75, 3.05) is 23.3 Å². The Morgan fingerprint density at radius 3 is 2.41 bits per heavy atom. The molecule has 138 valence electrons. The van der Waals surface area contributed by atoms with Crippen LogP contribution in [-0.2, 0) is 0 Å². The van der Waals surface area contributed by atoms with E-state index < -0.39 is 0 Å². The lowest BCUT2D eigenvalue weighted by Gasteiger charge is -2.19. The van der Waals surface area contributed by atoms with E-state index in [1.165, 1.54) is 18.5 Å². The molecule has 0 saturated carbocycles. The van der Waals surface area contributed by atoms with E-state index in [4.69, 9.17) is 0 Å². The van der Waals surface area contributed by atoms with Crippen LogP contribution in [0.25, 0.3) is 5.69 Å². The lowest BCUT2D eigenvalue weighted by Crippen LogP contribution is -2.18. The SMILES string of the molecule is Cc1cc(N2CCCC2)ccc1NC(=O)c1cc(C)n(-c2ccccc2)n1. The van der Waals surface area contributed by atoms with Gasteiger partial charge in [-0.25, -0.2) is 4.68 Å². The second kappa shape index (κ2) is 7.27. The van der Waals surface area contributed by atoms with Crippen LogP contribution in [0, 0.1) is 13.8 Å². The van der Waals surface area contributed by atoms with Crippen molar-refractivity contribution in [3.63, 3.8) is 0 Å². The number of aromatic nitrogens is 2. The second-order valence-corrected chi connectivity index (χ2v) is 7.07. The van der Waals surface area contributed by atoms with Gasteiger partial charge in [0, 0.05) is 30.2 Å². The summed E-state index contributed by atoms with van der Waals surface area (Å²) in [4.78, 5) is 15.1. The third-order valence-corrected chi connectivity index (χ3v) is 5.05. The van der Waals surface area contributed by atoms with E-state index in [1.807, 2.05) is 56.3 Å². The fraction of sp³-hybridized carbons (Fsp3) is 0.273. The number of rotatable bonds is 4. The maximum atomic E-state index is 12.7. The number of nitrogens with one attached hydrogen (secondary N) is 1. The molecule has 5 nitrogen and oxygen atoms in total. The first-order valence-corrected chi connectivity index (χ1v) is 9.41. The molecular weight excluding hydrogens is 336 g/mol. The topological polar surface area (TPSA) is 50.2 Å². The fourth-order valence-corrected chi connectivity index (χ4v) is 3.56. The number of nitrogens with zero attached hydrogens (tertiary/aromatic N) is 3. The fourth-order valence-electron chi connectivity index (χ4n) is 3.56. The second-order valence-electron chi connectivity index (χ2n) is 7.07. The summed E-state index contributed by atoms with van der Waals surface area (Å²) in [5.74, 6) is -0.190. The van der Waals surface area contributed by atoms with Crippen LogP contribution in [0.5, 0.6) is 0 Å². The van der Waals surface area contributed by atoms with Gasteiger partial charge in [-0.1, -0.05) is 18.2 Å². The Hall–Kier alpha value is -3.08. The number of carbonyl (C=O) groups is 1. The highest BCUT2D eigenvalue weighted by Gasteiger charge is 2.16. The molecule has 2 heterocycles. The van der Waals surface area contributed by atoms with E-state index in [-0.39, 0.29) is 5.91 Å². The molecule has 0 bridgehead atoms. The van der Waals surface area contributed by atoms with Gasteiger partial charge in [0.05, 0.1) is 5.69 Å². The summed E-state index contributed by atoms with van der Waals surface area (Å²) >= 11 is 0. The van der Waals surface area contributed by atoms with Crippen LogP contribution in [0.15, 0.2) is 54.6 Å². The minimum atomic E-state index is -0.190. The van der Waals surface area contributed by atoms with Gasteiger partial charge < -0.3 is 10.2 Å². The number of amides is 1. The first kappa shape index (κ1) is 17.3. The number of hydrogen-bond donors (Lipinski definition) is 1. The summed E-state index contributed by atoms with van der Waals surface area (Å²) in [6.45, 7) is 6.21. The molecule has 1 saturated heterocycles. The quantitative estimate of drug-likeness (QED) is 0.753. The highest BCUT2D eigenvalue weighted by Crippen LogP contribution is 2.26. The number of anilines is 2. The van der Waals surface area contributed by atoms with Gasteiger partial charge in [0.15, 0.2) is 5.69 Å². The molecular formula is C22H24N4O. The maximum Gasteiger partial charge on any atom is 0.276 e. The van der Waals surface area contributed by atoms with Crippen LogP contribution in [0.3, 0.4) is 0 Å². The van der Waals surface area contributed by atoms with Gasteiger partial charge in [-0.15, -0.1) is 0 Å². The van der Waals surface area contributed by atoms with Crippen molar-refractivity contribution < 1.29 is 4.79 Å². The molecule has 0 atom stereocenters.